The number of carbonyl (C=O) groups is 2. The summed E-state index contributed by atoms with van der Waals surface area (Å²) in [5.41, 5.74) is 12.1. The second kappa shape index (κ2) is 8.31. The van der Waals surface area contributed by atoms with E-state index in [1.165, 1.54) is 41.6 Å². The maximum atomic E-state index is 12.9. The van der Waals surface area contributed by atoms with E-state index in [1.54, 1.807) is 19.1 Å². The standard InChI is InChI=1S/C19H17F2N5O2S/c1-10(18(23)28)26(13-4-2-12(3-5-13)16(20)21)19-25-17(22)15(29-19)14(27)11-6-8-24-9-7-11/h2-10,16H,22H2,1H3,(H2,23,28)/t10-/m1/s1. The number of hydrogen-bond acceptors (Lipinski definition) is 7. The van der Waals surface area contributed by atoms with Crippen molar-refractivity contribution in [1.29, 1.82) is 0 Å². The smallest absolute Gasteiger partial charge is 0.263 e. The summed E-state index contributed by atoms with van der Waals surface area (Å²) in [6.07, 6.45) is 0.348. The fraction of sp³-hybridized carbons (Fsp3) is 0.158. The highest BCUT2D eigenvalue weighted by Crippen LogP contribution is 2.36. The monoisotopic (exact) mass is 417 g/mol. The van der Waals surface area contributed by atoms with E-state index in [2.05, 4.69) is 9.97 Å². The van der Waals surface area contributed by atoms with Crippen LogP contribution in [0.1, 0.15) is 34.1 Å². The largest absolute Gasteiger partial charge is 0.382 e. The first kappa shape index (κ1) is 20.3. The van der Waals surface area contributed by atoms with Gasteiger partial charge < -0.3 is 16.4 Å². The fourth-order valence-electron chi connectivity index (χ4n) is 2.63. The number of aromatic nitrogens is 2. The molecule has 1 amide bonds. The quantitative estimate of drug-likeness (QED) is 0.570. The van der Waals surface area contributed by atoms with Gasteiger partial charge in [-0.2, -0.15) is 0 Å². The van der Waals surface area contributed by atoms with Gasteiger partial charge in [0.25, 0.3) is 6.43 Å². The molecule has 0 fully saturated rings. The lowest BCUT2D eigenvalue weighted by Gasteiger charge is -2.26. The number of amides is 1. The predicted octanol–water partition coefficient (Wildman–Crippen LogP) is 3.30. The predicted molar refractivity (Wildman–Crippen MR) is 106 cm³/mol. The zero-order chi connectivity index (χ0) is 21.1. The van der Waals surface area contributed by atoms with Crippen molar-refractivity contribution >= 4 is 39.7 Å². The summed E-state index contributed by atoms with van der Waals surface area (Å²) in [5, 5.41) is 0.246. The van der Waals surface area contributed by atoms with E-state index >= 15 is 0 Å². The summed E-state index contributed by atoms with van der Waals surface area (Å²) < 4.78 is 25.7. The minimum absolute atomic E-state index is 0.00215. The van der Waals surface area contributed by atoms with Crippen molar-refractivity contribution in [2.24, 2.45) is 5.73 Å². The minimum atomic E-state index is -2.62. The van der Waals surface area contributed by atoms with Crippen LogP contribution in [0.5, 0.6) is 0 Å². The molecule has 29 heavy (non-hydrogen) atoms. The van der Waals surface area contributed by atoms with Gasteiger partial charge in [-0.1, -0.05) is 23.5 Å². The maximum Gasteiger partial charge on any atom is 0.263 e. The normalized spacial score (nSPS) is 12.0. The highest BCUT2D eigenvalue weighted by atomic mass is 32.1. The summed E-state index contributed by atoms with van der Waals surface area (Å²) in [7, 11) is 0. The van der Waals surface area contributed by atoms with Crippen molar-refractivity contribution in [2.75, 3.05) is 10.6 Å². The average molecular weight is 417 g/mol. The van der Waals surface area contributed by atoms with E-state index in [0.29, 0.717) is 11.3 Å². The third-order valence-corrected chi connectivity index (χ3v) is 5.29. The van der Waals surface area contributed by atoms with Gasteiger partial charge in [0.05, 0.1) is 0 Å². The summed E-state index contributed by atoms with van der Waals surface area (Å²) in [6.45, 7) is 1.55. The Morgan fingerprint density at radius 3 is 2.28 bits per heavy atom. The molecular weight excluding hydrogens is 400 g/mol. The first-order valence-electron chi connectivity index (χ1n) is 8.47. The number of anilines is 3. The van der Waals surface area contributed by atoms with Crippen molar-refractivity contribution in [1.82, 2.24) is 9.97 Å². The Balaban J connectivity index is 2.03. The number of nitrogens with zero attached hydrogens (tertiary/aromatic N) is 3. The van der Waals surface area contributed by atoms with Gasteiger partial charge in [-0.25, -0.2) is 13.8 Å². The highest BCUT2D eigenvalue weighted by molar-refractivity contribution is 7.18. The molecule has 2 heterocycles. The van der Waals surface area contributed by atoms with Gasteiger partial charge in [-0.15, -0.1) is 0 Å². The number of hydrogen-bond donors (Lipinski definition) is 2. The Labute approximate surface area is 169 Å². The van der Waals surface area contributed by atoms with Crippen molar-refractivity contribution < 1.29 is 18.4 Å². The SMILES string of the molecule is C[C@H](C(N)=O)N(c1ccc(C(F)F)cc1)c1nc(N)c(C(=O)c2ccncc2)s1. The molecule has 0 aliphatic carbocycles. The summed E-state index contributed by atoms with van der Waals surface area (Å²) in [6, 6.07) is 7.61. The van der Waals surface area contributed by atoms with E-state index in [4.69, 9.17) is 11.5 Å². The molecule has 10 heteroatoms. The van der Waals surface area contributed by atoms with Gasteiger partial charge in [0.1, 0.15) is 16.7 Å². The summed E-state index contributed by atoms with van der Waals surface area (Å²) in [5.74, 6) is -0.996. The van der Waals surface area contributed by atoms with Crippen molar-refractivity contribution in [2.45, 2.75) is 19.4 Å². The second-order valence-electron chi connectivity index (χ2n) is 6.12. The van der Waals surface area contributed by atoms with Crippen LogP contribution in [0.2, 0.25) is 0 Å². The molecule has 0 unspecified atom stereocenters. The molecule has 3 aromatic rings. The molecule has 0 spiro atoms. The number of carbonyl (C=O) groups excluding carboxylic acids is 2. The molecule has 4 N–H and O–H groups in total. The van der Waals surface area contributed by atoms with Gasteiger partial charge in [-0.3, -0.25) is 14.6 Å². The maximum absolute atomic E-state index is 12.9. The Bertz CT molecular complexity index is 1020. The zero-order valence-electron chi connectivity index (χ0n) is 15.3. The van der Waals surface area contributed by atoms with Crippen LogP contribution in [0.3, 0.4) is 0 Å². The second-order valence-corrected chi connectivity index (χ2v) is 7.09. The number of benzene rings is 1. The average Bonchev–Trinajstić information content (AvgIpc) is 3.09. The number of halogens is 2. The number of pyridine rings is 1. The molecule has 0 saturated carbocycles. The van der Waals surface area contributed by atoms with Crippen LogP contribution in [0.15, 0.2) is 48.8 Å². The van der Waals surface area contributed by atoms with Gasteiger partial charge >= 0.3 is 0 Å². The number of alkyl halides is 2. The van der Waals surface area contributed by atoms with Gasteiger partial charge in [-0.05, 0) is 31.2 Å². The van der Waals surface area contributed by atoms with Crippen molar-refractivity contribution in [3.05, 3.63) is 64.8 Å². The lowest BCUT2D eigenvalue weighted by atomic mass is 10.1. The van der Waals surface area contributed by atoms with Crippen molar-refractivity contribution in [3.63, 3.8) is 0 Å². The molecule has 2 aromatic heterocycles. The molecule has 0 saturated heterocycles. The van der Waals surface area contributed by atoms with Crippen LogP contribution in [0, 0.1) is 0 Å². The number of nitrogens with two attached hydrogens (primary N) is 2. The molecule has 7 nitrogen and oxygen atoms in total. The Kier molecular flexibility index (Phi) is 5.83. The van der Waals surface area contributed by atoms with Crippen LogP contribution >= 0.6 is 11.3 Å². The number of primary amides is 1. The number of ketones is 1. The van der Waals surface area contributed by atoms with Crippen molar-refractivity contribution in [3.8, 4) is 0 Å². The lowest BCUT2D eigenvalue weighted by Crippen LogP contribution is -2.39. The summed E-state index contributed by atoms with van der Waals surface area (Å²) >= 11 is 0.986. The Morgan fingerprint density at radius 1 is 1.10 bits per heavy atom. The topological polar surface area (TPSA) is 115 Å². The third-order valence-electron chi connectivity index (χ3n) is 4.22. The highest BCUT2D eigenvalue weighted by Gasteiger charge is 2.27. The van der Waals surface area contributed by atoms with Gasteiger partial charge in [0.2, 0.25) is 11.7 Å². The number of thiazole rings is 1. The Hall–Kier alpha value is -3.40. The number of nitrogen functional groups attached to an aromatic ring is 1. The molecule has 0 bridgehead atoms. The first-order valence-corrected chi connectivity index (χ1v) is 9.29. The molecule has 0 aliphatic rings. The molecule has 1 aromatic carbocycles. The number of rotatable bonds is 7. The van der Waals surface area contributed by atoms with E-state index in [9.17, 15) is 18.4 Å². The molecule has 0 aliphatic heterocycles. The zero-order valence-corrected chi connectivity index (χ0v) is 16.1. The van der Waals surface area contributed by atoms with Gasteiger partial charge in [0.15, 0.2) is 5.13 Å². The molecular formula is C19H17F2N5O2S. The van der Waals surface area contributed by atoms with Crippen LogP contribution in [0.4, 0.5) is 25.4 Å². The molecule has 0 radical (unpaired) electrons. The molecule has 3 rings (SSSR count). The van der Waals surface area contributed by atoms with Crippen LogP contribution in [-0.4, -0.2) is 27.7 Å². The fourth-order valence-corrected chi connectivity index (χ4v) is 3.68. The van der Waals surface area contributed by atoms with E-state index in [-0.39, 0.29) is 27.2 Å². The Morgan fingerprint density at radius 2 is 1.72 bits per heavy atom. The molecule has 1 atom stereocenters. The van der Waals surface area contributed by atoms with E-state index < -0.39 is 18.4 Å². The van der Waals surface area contributed by atoms with E-state index in [0.717, 1.165) is 11.3 Å². The van der Waals surface area contributed by atoms with Crippen LogP contribution < -0.4 is 16.4 Å². The first-order chi connectivity index (χ1) is 13.8. The van der Waals surface area contributed by atoms with E-state index in [1.807, 2.05) is 0 Å². The minimum Gasteiger partial charge on any atom is -0.382 e. The third kappa shape index (κ3) is 4.21. The summed E-state index contributed by atoms with van der Waals surface area (Å²) in [4.78, 5) is 34.3. The lowest BCUT2D eigenvalue weighted by molar-refractivity contribution is -0.118. The van der Waals surface area contributed by atoms with Crippen LogP contribution in [-0.2, 0) is 4.79 Å². The van der Waals surface area contributed by atoms with Crippen LogP contribution in [0.25, 0.3) is 0 Å². The van der Waals surface area contributed by atoms with Gasteiger partial charge in [0, 0.05) is 29.2 Å². The molecule has 150 valence electrons.